The Kier molecular flexibility index (Phi) is 4.30. The maximum atomic E-state index is 12.0. The smallest absolute Gasteiger partial charge is 0.308 e. The molecule has 0 aliphatic carbocycles. The summed E-state index contributed by atoms with van der Waals surface area (Å²) in [6, 6.07) is 10.9. The van der Waals surface area contributed by atoms with Crippen LogP contribution in [0.1, 0.15) is 16.7 Å². The Balaban J connectivity index is 2.07. The summed E-state index contributed by atoms with van der Waals surface area (Å²) in [4.78, 5) is 12.0. The molecule has 0 aliphatic rings. The second-order valence-corrected chi connectivity index (χ2v) is 5.27. The zero-order valence-corrected chi connectivity index (χ0v) is 12.5. The summed E-state index contributed by atoms with van der Waals surface area (Å²) < 4.78 is 0. The monoisotopic (exact) mass is 288 g/mol. The van der Waals surface area contributed by atoms with E-state index in [4.69, 9.17) is 11.6 Å². The predicted octanol–water partition coefficient (Wildman–Crippen LogP) is 4.91. The van der Waals surface area contributed by atoms with Crippen LogP contribution in [0.3, 0.4) is 0 Å². The number of anilines is 2. The van der Waals surface area contributed by atoms with E-state index in [0.717, 1.165) is 22.5 Å². The van der Waals surface area contributed by atoms with Gasteiger partial charge in [-0.2, -0.15) is 0 Å². The molecule has 0 bridgehead atoms. The van der Waals surface area contributed by atoms with Gasteiger partial charge in [-0.25, -0.2) is 4.79 Å². The largest absolute Gasteiger partial charge is 0.323 e. The summed E-state index contributed by atoms with van der Waals surface area (Å²) in [6.45, 7) is 5.95. The lowest BCUT2D eigenvalue weighted by molar-refractivity contribution is 0.262. The summed E-state index contributed by atoms with van der Waals surface area (Å²) in [5.74, 6) is 0. The van der Waals surface area contributed by atoms with E-state index >= 15 is 0 Å². The average molecular weight is 289 g/mol. The first-order chi connectivity index (χ1) is 9.45. The van der Waals surface area contributed by atoms with E-state index in [2.05, 4.69) is 10.6 Å². The second kappa shape index (κ2) is 5.97. The van der Waals surface area contributed by atoms with Crippen molar-refractivity contribution in [2.75, 3.05) is 10.6 Å². The Morgan fingerprint density at radius 1 is 0.900 bits per heavy atom. The maximum absolute atomic E-state index is 12.0. The molecule has 0 spiro atoms. The van der Waals surface area contributed by atoms with Crippen molar-refractivity contribution in [2.45, 2.75) is 20.8 Å². The Morgan fingerprint density at radius 3 is 2.30 bits per heavy atom. The Labute approximate surface area is 124 Å². The first-order valence-electron chi connectivity index (χ1n) is 6.37. The number of rotatable bonds is 2. The number of nitrogens with one attached hydrogen (secondary N) is 2. The van der Waals surface area contributed by atoms with Gasteiger partial charge in [-0.3, -0.25) is 0 Å². The minimum absolute atomic E-state index is 0.265. The molecule has 0 atom stereocenters. The normalized spacial score (nSPS) is 10.2. The van der Waals surface area contributed by atoms with E-state index in [1.165, 1.54) is 5.56 Å². The highest BCUT2D eigenvalue weighted by Gasteiger charge is 2.06. The number of hydrogen-bond acceptors (Lipinski definition) is 1. The molecule has 0 fully saturated rings. The Hall–Kier alpha value is -2.00. The van der Waals surface area contributed by atoms with Crippen molar-refractivity contribution in [1.29, 1.82) is 0 Å². The molecular formula is C16H17ClN2O. The molecule has 0 aliphatic heterocycles. The molecule has 2 aromatic rings. The predicted molar refractivity (Wildman–Crippen MR) is 84.7 cm³/mol. The van der Waals surface area contributed by atoms with Gasteiger partial charge in [0.1, 0.15) is 0 Å². The van der Waals surface area contributed by atoms with E-state index in [1.807, 2.05) is 45.0 Å². The number of carbonyl (C=O) groups excluding carboxylic acids is 1. The fraction of sp³-hybridized carbons (Fsp3) is 0.188. The van der Waals surface area contributed by atoms with Crippen molar-refractivity contribution in [3.05, 3.63) is 58.1 Å². The van der Waals surface area contributed by atoms with E-state index < -0.39 is 0 Å². The number of urea groups is 1. The minimum Gasteiger partial charge on any atom is -0.308 e. The van der Waals surface area contributed by atoms with Gasteiger partial charge in [0.05, 0.1) is 0 Å². The first-order valence-corrected chi connectivity index (χ1v) is 6.75. The topological polar surface area (TPSA) is 41.1 Å². The van der Waals surface area contributed by atoms with Crippen LogP contribution in [0.4, 0.5) is 16.2 Å². The lowest BCUT2D eigenvalue weighted by Crippen LogP contribution is -2.20. The fourth-order valence-electron chi connectivity index (χ4n) is 1.87. The molecule has 0 saturated carbocycles. The van der Waals surface area contributed by atoms with Crippen LogP contribution in [-0.2, 0) is 0 Å². The van der Waals surface area contributed by atoms with Gasteiger partial charge in [-0.1, -0.05) is 17.7 Å². The standard InChI is InChI=1S/C16H17ClN2O/c1-10-4-6-14(9-11(10)2)18-16(20)19-15-7-5-13(17)8-12(15)3/h4-9H,1-3H3,(H2,18,19,20). The third-order valence-corrected chi connectivity index (χ3v) is 3.44. The summed E-state index contributed by atoms with van der Waals surface area (Å²) in [5, 5.41) is 6.28. The number of aryl methyl sites for hydroxylation is 3. The van der Waals surface area contributed by atoms with Crippen LogP contribution in [0.15, 0.2) is 36.4 Å². The van der Waals surface area contributed by atoms with Gasteiger partial charge in [0.15, 0.2) is 0 Å². The molecule has 2 aromatic carbocycles. The molecule has 20 heavy (non-hydrogen) atoms. The van der Waals surface area contributed by atoms with Gasteiger partial charge >= 0.3 is 6.03 Å². The number of hydrogen-bond donors (Lipinski definition) is 2. The number of benzene rings is 2. The van der Waals surface area contributed by atoms with Gasteiger partial charge in [0, 0.05) is 16.4 Å². The summed E-state index contributed by atoms with van der Waals surface area (Å²) in [5.41, 5.74) is 4.79. The van der Waals surface area contributed by atoms with Crippen molar-refractivity contribution >= 4 is 29.0 Å². The lowest BCUT2D eigenvalue weighted by atomic mass is 10.1. The molecule has 0 aromatic heterocycles. The molecular weight excluding hydrogens is 272 g/mol. The number of halogens is 1. The van der Waals surface area contributed by atoms with Crippen molar-refractivity contribution < 1.29 is 4.79 Å². The molecule has 104 valence electrons. The molecule has 0 heterocycles. The van der Waals surface area contributed by atoms with Gasteiger partial charge in [0.2, 0.25) is 0 Å². The number of amides is 2. The third-order valence-electron chi connectivity index (χ3n) is 3.20. The highest BCUT2D eigenvalue weighted by Crippen LogP contribution is 2.20. The molecule has 4 heteroatoms. The van der Waals surface area contributed by atoms with Crippen LogP contribution < -0.4 is 10.6 Å². The quantitative estimate of drug-likeness (QED) is 0.810. The van der Waals surface area contributed by atoms with Crippen LogP contribution in [0.25, 0.3) is 0 Å². The van der Waals surface area contributed by atoms with Gasteiger partial charge < -0.3 is 10.6 Å². The molecule has 2 N–H and O–H groups in total. The van der Waals surface area contributed by atoms with Crippen LogP contribution in [0.2, 0.25) is 5.02 Å². The van der Waals surface area contributed by atoms with E-state index in [1.54, 1.807) is 12.1 Å². The molecule has 3 nitrogen and oxygen atoms in total. The molecule has 2 rings (SSSR count). The summed E-state index contributed by atoms with van der Waals surface area (Å²) in [7, 11) is 0. The maximum Gasteiger partial charge on any atom is 0.323 e. The average Bonchev–Trinajstić information content (AvgIpc) is 2.37. The fourth-order valence-corrected chi connectivity index (χ4v) is 2.10. The number of carbonyl (C=O) groups is 1. The molecule has 0 saturated heterocycles. The van der Waals surface area contributed by atoms with E-state index in [-0.39, 0.29) is 6.03 Å². The summed E-state index contributed by atoms with van der Waals surface area (Å²) >= 11 is 5.89. The molecule has 2 amide bonds. The van der Waals surface area contributed by atoms with E-state index in [0.29, 0.717) is 5.02 Å². The zero-order valence-electron chi connectivity index (χ0n) is 11.8. The zero-order chi connectivity index (χ0) is 14.7. The molecule has 0 unspecified atom stereocenters. The van der Waals surface area contributed by atoms with Crippen molar-refractivity contribution in [3.63, 3.8) is 0 Å². The lowest BCUT2D eigenvalue weighted by Gasteiger charge is -2.11. The van der Waals surface area contributed by atoms with Gasteiger partial charge in [-0.15, -0.1) is 0 Å². The Morgan fingerprint density at radius 2 is 1.65 bits per heavy atom. The Bertz CT molecular complexity index is 653. The third kappa shape index (κ3) is 3.52. The highest BCUT2D eigenvalue weighted by molar-refractivity contribution is 6.30. The van der Waals surface area contributed by atoms with Crippen LogP contribution in [0, 0.1) is 20.8 Å². The van der Waals surface area contributed by atoms with Gasteiger partial charge in [-0.05, 0) is 67.8 Å². The van der Waals surface area contributed by atoms with Gasteiger partial charge in [0.25, 0.3) is 0 Å². The minimum atomic E-state index is -0.265. The van der Waals surface area contributed by atoms with Crippen LogP contribution in [0.5, 0.6) is 0 Å². The first kappa shape index (κ1) is 14.4. The SMILES string of the molecule is Cc1ccc(NC(=O)Nc2ccc(Cl)cc2C)cc1C. The van der Waals surface area contributed by atoms with Crippen molar-refractivity contribution in [3.8, 4) is 0 Å². The van der Waals surface area contributed by atoms with Crippen molar-refractivity contribution in [2.24, 2.45) is 0 Å². The highest BCUT2D eigenvalue weighted by atomic mass is 35.5. The van der Waals surface area contributed by atoms with E-state index in [9.17, 15) is 4.79 Å². The second-order valence-electron chi connectivity index (χ2n) is 4.84. The summed E-state index contributed by atoms with van der Waals surface area (Å²) in [6.07, 6.45) is 0. The van der Waals surface area contributed by atoms with Crippen LogP contribution >= 0.6 is 11.6 Å². The molecule has 0 radical (unpaired) electrons. The van der Waals surface area contributed by atoms with Crippen LogP contribution in [-0.4, -0.2) is 6.03 Å². The van der Waals surface area contributed by atoms with Crippen molar-refractivity contribution in [1.82, 2.24) is 0 Å².